The Morgan fingerprint density at radius 2 is 1.52 bits per heavy atom. The summed E-state index contributed by atoms with van der Waals surface area (Å²) in [7, 11) is 0. The van der Waals surface area contributed by atoms with Gasteiger partial charge in [0.05, 0.1) is 0 Å². The van der Waals surface area contributed by atoms with Crippen molar-refractivity contribution in [1.82, 2.24) is 0 Å². The summed E-state index contributed by atoms with van der Waals surface area (Å²) in [4.78, 5) is 0. The Kier molecular flexibility index (Phi) is 14.2. The molecule has 3 nitrogen and oxygen atoms in total. The second kappa shape index (κ2) is 15.1. The van der Waals surface area contributed by atoms with Crippen LogP contribution in [0.15, 0.2) is 12.2 Å². The first-order chi connectivity index (χ1) is 10.2. The summed E-state index contributed by atoms with van der Waals surface area (Å²) in [5, 5.41) is 27.4. The number of rotatable bonds is 10. The van der Waals surface area contributed by atoms with Gasteiger partial charge in [-0.2, -0.15) is 0 Å². The molecular weight excluding hydrogens is 264 g/mol. The Hall–Kier alpha value is -1.26. The van der Waals surface area contributed by atoms with Gasteiger partial charge < -0.3 is 15.3 Å². The minimum atomic E-state index is -0.789. The van der Waals surface area contributed by atoms with Crippen LogP contribution in [-0.2, 0) is 0 Å². The summed E-state index contributed by atoms with van der Waals surface area (Å²) in [6.07, 6.45) is 10.4. The Labute approximate surface area is 129 Å². The van der Waals surface area contributed by atoms with Gasteiger partial charge in [0.2, 0.25) is 0 Å². The molecule has 3 heteroatoms. The van der Waals surface area contributed by atoms with Crippen LogP contribution in [0.25, 0.3) is 0 Å². The molecule has 0 spiro atoms. The van der Waals surface area contributed by atoms with E-state index in [9.17, 15) is 10.2 Å². The maximum absolute atomic E-state index is 9.56. The van der Waals surface area contributed by atoms with Crippen LogP contribution < -0.4 is 0 Å². The fraction of sp³-hybridized carbons (Fsp3) is 0.667. The minimum Gasteiger partial charge on any atom is -0.396 e. The van der Waals surface area contributed by atoms with E-state index in [1.54, 1.807) is 6.08 Å². The van der Waals surface area contributed by atoms with E-state index in [1.165, 1.54) is 19.3 Å². The maximum atomic E-state index is 9.56. The first kappa shape index (κ1) is 19.7. The van der Waals surface area contributed by atoms with Gasteiger partial charge in [0, 0.05) is 6.61 Å². The molecule has 0 heterocycles. The smallest absolute Gasteiger partial charge is 0.134 e. The molecule has 0 aromatic heterocycles. The molecule has 0 aliphatic rings. The van der Waals surface area contributed by atoms with E-state index in [-0.39, 0.29) is 0 Å². The van der Waals surface area contributed by atoms with Crippen molar-refractivity contribution in [2.45, 2.75) is 70.5 Å². The summed E-state index contributed by atoms with van der Waals surface area (Å²) < 4.78 is 0. The second-order valence-electron chi connectivity index (χ2n) is 4.97. The van der Waals surface area contributed by atoms with Gasteiger partial charge in [-0.25, -0.2) is 0 Å². The number of aliphatic hydroxyl groups is 3. The normalized spacial score (nSPS) is 13.1. The minimum absolute atomic E-state index is 0.295. The van der Waals surface area contributed by atoms with Gasteiger partial charge in [-0.05, 0) is 43.6 Å². The third-order valence-electron chi connectivity index (χ3n) is 3.01. The highest BCUT2D eigenvalue weighted by Gasteiger charge is 1.92. The molecule has 0 aromatic rings. The molecule has 0 aromatic carbocycles. The maximum Gasteiger partial charge on any atom is 0.134 e. The highest BCUT2D eigenvalue weighted by atomic mass is 16.3. The molecule has 0 aliphatic carbocycles. The standard InChI is InChI=1S/C18H28O3/c1-2-17(20)13-10-11-15-18(21)14-9-7-5-3-4-6-8-12-16-19/h9,14,17-21H,2-8,12,16H2,1H3. The molecule has 0 amide bonds. The van der Waals surface area contributed by atoms with E-state index in [0.717, 1.165) is 25.7 Å². The zero-order valence-corrected chi connectivity index (χ0v) is 13.0. The fourth-order valence-corrected chi connectivity index (χ4v) is 1.69. The van der Waals surface area contributed by atoms with Crippen molar-refractivity contribution in [2.24, 2.45) is 0 Å². The largest absolute Gasteiger partial charge is 0.396 e. The van der Waals surface area contributed by atoms with Crippen molar-refractivity contribution in [2.75, 3.05) is 6.61 Å². The number of hydrogen-bond donors (Lipinski definition) is 3. The van der Waals surface area contributed by atoms with Crippen LogP contribution in [0.1, 0.15) is 58.3 Å². The van der Waals surface area contributed by atoms with Crippen LogP contribution in [0.2, 0.25) is 0 Å². The van der Waals surface area contributed by atoms with Crippen molar-refractivity contribution in [3.05, 3.63) is 12.2 Å². The highest BCUT2D eigenvalue weighted by Crippen LogP contribution is 2.07. The van der Waals surface area contributed by atoms with Crippen LogP contribution in [0.4, 0.5) is 0 Å². The summed E-state index contributed by atoms with van der Waals surface area (Å²) >= 11 is 0. The topological polar surface area (TPSA) is 60.7 Å². The lowest BCUT2D eigenvalue weighted by molar-refractivity contribution is 0.228. The van der Waals surface area contributed by atoms with Crippen molar-refractivity contribution >= 4 is 0 Å². The fourth-order valence-electron chi connectivity index (χ4n) is 1.69. The molecule has 0 aliphatic heterocycles. The van der Waals surface area contributed by atoms with E-state index < -0.39 is 12.2 Å². The molecule has 0 radical (unpaired) electrons. The monoisotopic (exact) mass is 292 g/mol. The molecule has 2 atom stereocenters. The van der Waals surface area contributed by atoms with E-state index >= 15 is 0 Å². The summed E-state index contributed by atoms with van der Waals surface area (Å²) in [6, 6.07) is 0. The van der Waals surface area contributed by atoms with Gasteiger partial charge >= 0.3 is 0 Å². The zero-order valence-electron chi connectivity index (χ0n) is 13.0. The lowest BCUT2D eigenvalue weighted by Gasteiger charge is -1.99. The lowest BCUT2D eigenvalue weighted by Crippen LogP contribution is -1.99. The second-order valence-corrected chi connectivity index (χ2v) is 4.97. The molecule has 0 rings (SSSR count). The highest BCUT2D eigenvalue weighted by molar-refractivity contribution is 5.29. The number of allylic oxidation sites excluding steroid dienone is 1. The summed E-state index contributed by atoms with van der Waals surface area (Å²) in [5.41, 5.74) is 0. The predicted molar refractivity (Wildman–Crippen MR) is 86.4 cm³/mol. The van der Waals surface area contributed by atoms with Gasteiger partial charge in [0.1, 0.15) is 12.2 Å². The van der Waals surface area contributed by atoms with Gasteiger partial charge in [-0.3, -0.25) is 0 Å². The van der Waals surface area contributed by atoms with Crippen molar-refractivity contribution in [3.63, 3.8) is 0 Å². The molecule has 21 heavy (non-hydrogen) atoms. The molecule has 3 N–H and O–H groups in total. The van der Waals surface area contributed by atoms with E-state index in [2.05, 4.69) is 23.7 Å². The predicted octanol–water partition coefficient (Wildman–Crippen LogP) is 2.40. The molecular formula is C18H28O3. The first-order valence-corrected chi connectivity index (χ1v) is 7.85. The van der Waals surface area contributed by atoms with Crippen LogP contribution in [0.3, 0.4) is 0 Å². The lowest BCUT2D eigenvalue weighted by atomic mass is 10.1. The molecule has 0 fully saturated rings. The van der Waals surface area contributed by atoms with Crippen LogP contribution in [-0.4, -0.2) is 34.1 Å². The number of aliphatic hydroxyl groups excluding tert-OH is 3. The van der Waals surface area contributed by atoms with Gasteiger partial charge in [0.15, 0.2) is 0 Å². The third-order valence-corrected chi connectivity index (χ3v) is 3.01. The molecule has 118 valence electrons. The third kappa shape index (κ3) is 15.0. The number of unbranched alkanes of at least 4 members (excludes halogenated alkanes) is 6. The van der Waals surface area contributed by atoms with E-state index in [0.29, 0.717) is 13.0 Å². The van der Waals surface area contributed by atoms with Gasteiger partial charge in [-0.15, -0.1) is 0 Å². The average molecular weight is 292 g/mol. The van der Waals surface area contributed by atoms with Crippen LogP contribution in [0, 0.1) is 23.7 Å². The molecule has 0 saturated carbocycles. The summed E-state index contributed by atoms with van der Waals surface area (Å²) in [6.45, 7) is 2.14. The van der Waals surface area contributed by atoms with E-state index in [1.807, 2.05) is 13.0 Å². The average Bonchev–Trinajstić information content (AvgIpc) is 2.49. The SMILES string of the molecule is CCC(O)C#CC#CC(O)C=CCCCCCCCCO. The van der Waals surface area contributed by atoms with Crippen molar-refractivity contribution < 1.29 is 15.3 Å². The van der Waals surface area contributed by atoms with Crippen LogP contribution >= 0.6 is 0 Å². The van der Waals surface area contributed by atoms with E-state index in [4.69, 9.17) is 5.11 Å². The zero-order chi connectivity index (χ0) is 15.8. The Balaban J connectivity index is 3.64. The van der Waals surface area contributed by atoms with Gasteiger partial charge in [0.25, 0.3) is 0 Å². The molecule has 2 unspecified atom stereocenters. The Morgan fingerprint density at radius 3 is 2.19 bits per heavy atom. The summed E-state index contributed by atoms with van der Waals surface area (Å²) in [5.74, 6) is 10.2. The van der Waals surface area contributed by atoms with Crippen molar-refractivity contribution in [1.29, 1.82) is 0 Å². The molecule has 0 bridgehead atoms. The van der Waals surface area contributed by atoms with Crippen molar-refractivity contribution in [3.8, 4) is 23.7 Å². The number of hydrogen-bond acceptors (Lipinski definition) is 3. The quantitative estimate of drug-likeness (QED) is 0.329. The Bertz CT molecular complexity index is 379. The Morgan fingerprint density at radius 1 is 0.905 bits per heavy atom. The first-order valence-electron chi connectivity index (χ1n) is 7.85. The van der Waals surface area contributed by atoms with Crippen LogP contribution in [0.5, 0.6) is 0 Å². The molecule has 0 saturated heterocycles. The van der Waals surface area contributed by atoms with Gasteiger partial charge in [-0.1, -0.05) is 50.5 Å².